The Kier molecular flexibility index (Phi) is 3.93. The molecule has 0 saturated heterocycles. The first-order valence-electron chi connectivity index (χ1n) is 4.81. The number of benzene rings is 1. The molecule has 0 saturated carbocycles. The number of primary amides is 1. The Labute approximate surface area is 96.7 Å². The van der Waals surface area contributed by atoms with Crippen molar-refractivity contribution in [2.45, 2.75) is 19.1 Å². The molecule has 92 valence electrons. The number of aliphatic hydroxyl groups is 2. The van der Waals surface area contributed by atoms with E-state index in [0.29, 0.717) is 0 Å². The van der Waals surface area contributed by atoms with Gasteiger partial charge in [-0.3, -0.25) is 9.59 Å². The molecule has 1 aromatic rings. The van der Waals surface area contributed by atoms with Crippen molar-refractivity contribution in [3.8, 4) is 0 Å². The van der Waals surface area contributed by atoms with Crippen molar-refractivity contribution >= 4 is 11.7 Å². The lowest BCUT2D eigenvalue weighted by Gasteiger charge is -2.16. The highest BCUT2D eigenvalue weighted by Crippen LogP contribution is 2.23. The number of Topliss-reactive ketones (excluding diaryl/α,β-unsaturated/α-hetero) is 1. The minimum atomic E-state index is -1.92. The van der Waals surface area contributed by atoms with Gasteiger partial charge in [0.1, 0.15) is 11.9 Å². The van der Waals surface area contributed by atoms with Crippen LogP contribution in [-0.4, -0.2) is 28.0 Å². The summed E-state index contributed by atoms with van der Waals surface area (Å²) < 4.78 is 13.8. The second-order valence-electron chi connectivity index (χ2n) is 3.56. The summed E-state index contributed by atoms with van der Waals surface area (Å²) in [5, 5.41) is 18.8. The van der Waals surface area contributed by atoms with Crippen LogP contribution in [0.1, 0.15) is 28.9 Å². The van der Waals surface area contributed by atoms with Crippen LogP contribution in [0.4, 0.5) is 4.39 Å². The van der Waals surface area contributed by atoms with Gasteiger partial charge in [-0.2, -0.15) is 0 Å². The van der Waals surface area contributed by atoms with Gasteiger partial charge in [0.2, 0.25) is 5.91 Å². The molecule has 1 amide bonds. The van der Waals surface area contributed by atoms with Gasteiger partial charge in [0.25, 0.3) is 0 Å². The molecule has 4 N–H and O–H groups in total. The van der Waals surface area contributed by atoms with Gasteiger partial charge in [-0.05, 0) is 13.0 Å². The van der Waals surface area contributed by atoms with Crippen molar-refractivity contribution in [1.82, 2.24) is 0 Å². The predicted octanol–water partition coefficient (Wildman–Crippen LogP) is -0.0921. The number of amides is 1. The van der Waals surface area contributed by atoms with E-state index in [9.17, 15) is 24.2 Å². The van der Waals surface area contributed by atoms with E-state index >= 15 is 0 Å². The topological polar surface area (TPSA) is 101 Å². The molecule has 0 bridgehead atoms. The third kappa shape index (κ3) is 2.66. The maximum Gasteiger partial charge on any atom is 0.249 e. The van der Waals surface area contributed by atoms with Gasteiger partial charge < -0.3 is 15.9 Å². The molecule has 5 nitrogen and oxygen atoms in total. The number of aliphatic hydroxyl groups excluding tert-OH is 2. The zero-order chi connectivity index (χ0) is 13.2. The molecule has 0 aromatic heterocycles. The molecule has 2 unspecified atom stereocenters. The van der Waals surface area contributed by atoms with Crippen LogP contribution >= 0.6 is 0 Å². The Morgan fingerprint density at radius 2 is 1.94 bits per heavy atom. The summed E-state index contributed by atoms with van der Waals surface area (Å²) in [7, 11) is 0. The summed E-state index contributed by atoms with van der Waals surface area (Å²) >= 11 is 0. The van der Waals surface area contributed by atoms with Crippen LogP contribution in [0.5, 0.6) is 0 Å². The molecule has 1 rings (SSSR count). The van der Waals surface area contributed by atoms with E-state index in [-0.39, 0.29) is 11.1 Å². The van der Waals surface area contributed by atoms with Crippen LogP contribution in [-0.2, 0) is 4.79 Å². The summed E-state index contributed by atoms with van der Waals surface area (Å²) in [5.74, 6) is -2.66. The molecule has 0 aliphatic heterocycles. The standard InChI is InChI=1S/C11H12FNO4/c1-5(14)6-3-2-4-7(8(6)12)9(15)10(16)11(13)17/h2-4,9-10,15-16H,1H3,(H2,13,17). The molecule has 0 heterocycles. The Balaban J connectivity index is 3.19. The summed E-state index contributed by atoms with van der Waals surface area (Å²) in [4.78, 5) is 21.7. The highest BCUT2D eigenvalue weighted by Gasteiger charge is 2.27. The third-order valence-electron chi connectivity index (χ3n) is 2.32. The summed E-state index contributed by atoms with van der Waals surface area (Å²) in [6.45, 7) is 1.17. The molecule has 1 aromatic carbocycles. The molecule has 2 atom stereocenters. The Hall–Kier alpha value is -1.79. The minimum absolute atomic E-state index is 0.224. The number of carbonyl (C=O) groups is 2. The Morgan fingerprint density at radius 3 is 2.41 bits per heavy atom. The lowest BCUT2D eigenvalue weighted by atomic mass is 9.99. The molecular formula is C11H12FNO4. The molecule has 6 heteroatoms. The van der Waals surface area contributed by atoms with E-state index in [0.717, 1.165) is 0 Å². The summed E-state index contributed by atoms with van der Waals surface area (Å²) in [5.41, 5.74) is 4.22. The van der Waals surface area contributed by atoms with Crippen LogP contribution in [0.2, 0.25) is 0 Å². The van der Waals surface area contributed by atoms with E-state index in [4.69, 9.17) is 5.73 Å². The average Bonchev–Trinajstić information content (AvgIpc) is 2.26. The van der Waals surface area contributed by atoms with Crippen LogP contribution in [0.25, 0.3) is 0 Å². The van der Waals surface area contributed by atoms with Crippen LogP contribution < -0.4 is 5.73 Å². The van der Waals surface area contributed by atoms with E-state index in [1.807, 2.05) is 0 Å². The maximum atomic E-state index is 13.8. The van der Waals surface area contributed by atoms with Gasteiger partial charge in [-0.15, -0.1) is 0 Å². The van der Waals surface area contributed by atoms with Gasteiger partial charge in [0, 0.05) is 5.56 Å². The van der Waals surface area contributed by atoms with Crippen molar-refractivity contribution in [2.24, 2.45) is 5.73 Å². The Morgan fingerprint density at radius 1 is 1.35 bits per heavy atom. The fraction of sp³-hybridized carbons (Fsp3) is 0.273. The van der Waals surface area contributed by atoms with Gasteiger partial charge in [0.15, 0.2) is 11.9 Å². The largest absolute Gasteiger partial charge is 0.385 e. The number of carbonyl (C=O) groups excluding carboxylic acids is 2. The van der Waals surface area contributed by atoms with Gasteiger partial charge >= 0.3 is 0 Å². The minimum Gasteiger partial charge on any atom is -0.385 e. The van der Waals surface area contributed by atoms with E-state index in [1.165, 1.54) is 25.1 Å². The summed E-state index contributed by atoms with van der Waals surface area (Å²) in [6.07, 6.45) is -3.72. The highest BCUT2D eigenvalue weighted by molar-refractivity contribution is 5.94. The van der Waals surface area contributed by atoms with Crippen molar-refractivity contribution in [1.29, 1.82) is 0 Å². The average molecular weight is 241 g/mol. The van der Waals surface area contributed by atoms with Crippen LogP contribution in [0, 0.1) is 5.82 Å². The smallest absolute Gasteiger partial charge is 0.249 e. The fourth-order valence-corrected chi connectivity index (χ4v) is 1.38. The maximum absolute atomic E-state index is 13.8. The van der Waals surface area contributed by atoms with Crippen molar-refractivity contribution in [3.63, 3.8) is 0 Å². The number of ketones is 1. The lowest BCUT2D eigenvalue weighted by molar-refractivity contribution is -0.132. The van der Waals surface area contributed by atoms with Crippen molar-refractivity contribution in [3.05, 3.63) is 35.1 Å². The van der Waals surface area contributed by atoms with Crippen molar-refractivity contribution < 1.29 is 24.2 Å². The van der Waals surface area contributed by atoms with E-state index < -0.39 is 29.7 Å². The Bertz CT molecular complexity index is 461. The van der Waals surface area contributed by atoms with Gasteiger partial charge in [0.05, 0.1) is 5.56 Å². The predicted molar refractivity (Wildman–Crippen MR) is 56.6 cm³/mol. The molecule has 0 aliphatic carbocycles. The molecule has 0 fully saturated rings. The zero-order valence-electron chi connectivity index (χ0n) is 9.05. The van der Waals surface area contributed by atoms with Gasteiger partial charge in [-0.1, -0.05) is 12.1 Å². The number of hydrogen-bond acceptors (Lipinski definition) is 4. The zero-order valence-corrected chi connectivity index (χ0v) is 9.05. The van der Waals surface area contributed by atoms with E-state index in [2.05, 4.69) is 0 Å². The molecule has 0 radical (unpaired) electrons. The molecule has 0 spiro atoms. The normalized spacial score (nSPS) is 14.1. The summed E-state index contributed by atoms with van der Waals surface area (Å²) in [6, 6.07) is 3.75. The van der Waals surface area contributed by atoms with Gasteiger partial charge in [-0.25, -0.2) is 4.39 Å². The highest BCUT2D eigenvalue weighted by atomic mass is 19.1. The van der Waals surface area contributed by atoms with E-state index in [1.54, 1.807) is 0 Å². The molecular weight excluding hydrogens is 229 g/mol. The SMILES string of the molecule is CC(=O)c1cccc(C(O)C(O)C(N)=O)c1F. The number of hydrogen-bond donors (Lipinski definition) is 3. The molecule has 17 heavy (non-hydrogen) atoms. The first-order valence-corrected chi connectivity index (χ1v) is 4.81. The second-order valence-corrected chi connectivity index (χ2v) is 3.56. The number of nitrogens with two attached hydrogens (primary N) is 1. The first-order chi connectivity index (χ1) is 7.86. The number of halogens is 1. The monoisotopic (exact) mass is 241 g/mol. The van der Waals surface area contributed by atoms with Crippen LogP contribution in [0.15, 0.2) is 18.2 Å². The van der Waals surface area contributed by atoms with Crippen molar-refractivity contribution in [2.75, 3.05) is 0 Å². The second kappa shape index (κ2) is 5.03. The number of rotatable bonds is 4. The molecule has 0 aliphatic rings. The fourth-order valence-electron chi connectivity index (χ4n) is 1.38. The lowest BCUT2D eigenvalue weighted by Crippen LogP contribution is -2.34. The third-order valence-corrected chi connectivity index (χ3v) is 2.32. The first kappa shape index (κ1) is 13.3. The van der Waals surface area contributed by atoms with Crippen LogP contribution in [0.3, 0.4) is 0 Å². The quantitative estimate of drug-likeness (QED) is 0.641.